The Morgan fingerprint density at radius 1 is 1.46 bits per heavy atom. The molecule has 0 spiro atoms. The fraction of sp³-hybridized carbons (Fsp3) is 0.286. The molecule has 0 bridgehead atoms. The molecule has 128 valence electrons. The van der Waals surface area contributed by atoms with Crippen LogP contribution in [0.5, 0.6) is 0 Å². The molecular formula is C14H13F3N4O3. The number of rotatable bonds is 6. The third-order valence-corrected chi connectivity index (χ3v) is 2.49. The Kier molecular flexibility index (Phi) is 6.29. The van der Waals surface area contributed by atoms with Gasteiger partial charge in [-0.15, -0.1) is 0 Å². The lowest BCUT2D eigenvalue weighted by Crippen LogP contribution is -2.28. The number of hydrogen-bond acceptors (Lipinski definition) is 6. The van der Waals surface area contributed by atoms with E-state index in [0.717, 1.165) is 0 Å². The topological polar surface area (TPSA) is 98.7 Å². The van der Waals surface area contributed by atoms with Crippen LogP contribution in [-0.4, -0.2) is 42.6 Å². The second kappa shape index (κ2) is 7.96. The first kappa shape index (κ1) is 19.0. The summed E-state index contributed by atoms with van der Waals surface area (Å²) in [6.07, 6.45) is -3.77. The lowest BCUT2D eigenvalue weighted by Gasteiger charge is -2.08. The molecule has 1 N–H and O–H groups in total. The molecule has 0 aliphatic carbocycles. The number of hydrazone groups is 1. The fourth-order valence-corrected chi connectivity index (χ4v) is 1.45. The summed E-state index contributed by atoms with van der Waals surface area (Å²) in [5, 5.41) is 12.4. The van der Waals surface area contributed by atoms with Crippen LogP contribution in [0, 0.1) is 11.3 Å². The second-order valence-corrected chi connectivity index (χ2v) is 4.69. The summed E-state index contributed by atoms with van der Waals surface area (Å²) >= 11 is 0. The summed E-state index contributed by atoms with van der Waals surface area (Å²) in [6, 6.07) is 4.30. The molecule has 0 unspecified atom stereocenters. The van der Waals surface area contributed by atoms with E-state index in [4.69, 9.17) is 9.68 Å². The normalized spacial score (nSPS) is 12.5. The predicted octanol–water partition coefficient (Wildman–Crippen LogP) is 1.59. The lowest BCUT2D eigenvalue weighted by atomic mass is 10.1. The Bertz CT molecular complexity index is 698. The van der Waals surface area contributed by atoms with Gasteiger partial charge < -0.3 is 9.32 Å². The Hall–Kier alpha value is -3.09. The molecule has 1 amide bonds. The molecule has 24 heavy (non-hydrogen) atoms. The van der Waals surface area contributed by atoms with E-state index >= 15 is 0 Å². The number of halogens is 3. The Labute approximate surface area is 135 Å². The molecule has 0 fully saturated rings. The summed E-state index contributed by atoms with van der Waals surface area (Å²) in [6.45, 7) is 0. The van der Waals surface area contributed by atoms with Gasteiger partial charge in [0.15, 0.2) is 0 Å². The maximum absolute atomic E-state index is 12.4. The van der Waals surface area contributed by atoms with Crippen LogP contribution in [0.2, 0.25) is 0 Å². The van der Waals surface area contributed by atoms with Crippen LogP contribution in [-0.2, 0) is 9.59 Å². The molecule has 7 nitrogen and oxygen atoms in total. The number of furan rings is 1. The number of carbonyl (C=O) groups is 2. The van der Waals surface area contributed by atoms with Gasteiger partial charge in [0.25, 0.3) is 5.91 Å². The minimum atomic E-state index is -5.04. The van der Waals surface area contributed by atoms with E-state index in [2.05, 4.69) is 5.10 Å². The zero-order valence-corrected chi connectivity index (χ0v) is 12.7. The van der Waals surface area contributed by atoms with E-state index in [-0.39, 0.29) is 11.3 Å². The van der Waals surface area contributed by atoms with Crippen LogP contribution in [0.1, 0.15) is 12.2 Å². The number of nitrogens with zero attached hydrogens (tertiary/aromatic N) is 3. The molecule has 0 radical (unpaired) electrons. The third kappa shape index (κ3) is 5.60. The van der Waals surface area contributed by atoms with Crippen LogP contribution < -0.4 is 5.43 Å². The summed E-state index contributed by atoms with van der Waals surface area (Å²) < 4.78 is 42.1. The van der Waals surface area contributed by atoms with Crippen LogP contribution in [0.15, 0.2) is 39.7 Å². The van der Waals surface area contributed by atoms with Gasteiger partial charge in [0.2, 0.25) is 5.78 Å². The van der Waals surface area contributed by atoms with Crippen molar-refractivity contribution in [2.24, 2.45) is 5.10 Å². The Balaban J connectivity index is 3.00. The number of nitriles is 1. The number of amides is 1. The highest BCUT2D eigenvalue weighted by Crippen LogP contribution is 2.19. The molecule has 1 aromatic rings. The Morgan fingerprint density at radius 2 is 2.12 bits per heavy atom. The molecule has 0 saturated heterocycles. The van der Waals surface area contributed by atoms with Gasteiger partial charge in [-0.25, -0.2) is 5.43 Å². The molecule has 0 aliphatic heterocycles. The number of ketones is 1. The molecule has 0 saturated carbocycles. The maximum Gasteiger partial charge on any atom is 0.450 e. The summed E-state index contributed by atoms with van der Waals surface area (Å²) in [7, 11) is 3.15. The average molecular weight is 342 g/mol. The van der Waals surface area contributed by atoms with E-state index < -0.39 is 30.0 Å². The number of nitrogens with one attached hydrogen (secondary N) is 1. The van der Waals surface area contributed by atoms with E-state index in [1.54, 1.807) is 20.2 Å². The van der Waals surface area contributed by atoms with Crippen molar-refractivity contribution < 1.29 is 27.2 Å². The smallest absolute Gasteiger partial charge is 0.450 e. The lowest BCUT2D eigenvalue weighted by molar-refractivity contribution is -0.169. The van der Waals surface area contributed by atoms with Gasteiger partial charge in [0.1, 0.15) is 23.1 Å². The molecule has 1 rings (SSSR count). The van der Waals surface area contributed by atoms with Gasteiger partial charge >= 0.3 is 6.18 Å². The van der Waals surface area contributed by atoms with E-state index in [1.807, 2.05) is 5.43 Å². The fourth-order valence-electron chi connectivity index (χ4n) is 1.45. The van der Waals surface area contributed by atoms with E-state index in [0.29, 0.717) is 0 Å². The summed E-state index contributed by atoms with van der Waals surface area (Å²) in [5.41, 5.74) is 1.20. The first-order chi connectivity index (χ1) is 11.1. The zero-order valence-electron chi connectivity index (χ0n) is 12.7. The van der Waals surface area contributed by atoms with Gasteiger partial charge in [-0.1, -0.05) is 0 Å². The SMILES string of the molecule is CN(C)/C=C(\C#N)C(=O)NN=C(CC(=O)C(F)(F)F)c1ccco1. The molecule has 0 atom stereocenters. The Morgan fingerprint density at radius 3 is 2.58 bits per heavy atom. The van der Waals surface area contributed by atoms with Gasteiger partial charge in [0, 0.05) is 20.3 Å². The van der Waals surface area contributed by atoms with Crippen LogP contribution in [0.25, 0.3) is 0 Å². The number of carbonyl (C=O) groups excluding carboxylic acids is 2. The second-order valence-electron chi connectivity index (χ2n) is 4.69. The first-order valence-electron chi connectivity index (χ1n) is 6.44. The molecule has 0 aliphatic rings. The quantitative estimate of drug-likeness (QED) is 0.366. The average Bonchev–Trinajstić information content (AvgIpc) is 3.01. The van der Waals surface area contributed by atoms with Crippen molar-refractivity contribution in [3.05, 3.63) is 35.9 Å². The van der Waals surface area contributed by atoms with Crippen molar-refractivity contribution in [2.75, 3.05) is 14.1 Å². The first-order valence-corrected chi connectivity index (χ1v) is 6.44. The number of alkyl halides is 3. The largest absolute Gasteiger partial charge is 0.463 e. The van der Waals surface area contributed by atoms with Crippen molar-refractivity contribution in [1.82, 2.24) is 10.3 Å². The van der Waals surface area contributed by atoms with Crippen molar-refractivity contribution in [3.63, 3.8) is 0 Å². The van der Waals surface area contributed by atoms with Gasteiger partial charge in [-0.05, 0) is 12.1 Å². The molecule has 1 aromatic heterocycles. The van der Waals surface area contributed by atoms with Crippen molar-refractivity contribution in [2.45, 2.75) is 12.6 Å². The minimum Gasteiger partial charge on any atom is -0.463 e. The zero-order chi connectivity index (χ0) is 18.3. The maximum atomic E-state index is 12.4. The van der Waals surface area contributed by atoms with Crippen LogP contribution in [0.3, 0.4) is 0 Å². The van der Waals surface area contributed by atoms with Crippen LogP contribution in [0.4, 0.5) is 13.2 Å². The standard InChI is InChI=1S/C14H13F3N4O3/c1-21(2)8-9(7-18)13(23)20-19-10(11-4-3-5-24-11)6-12(22)14(15,16)17/h3-5,8H,6H2,1-2H3,(H,20,23)/b9-8+,19-10?. The molecular weight excluding hydrogens is 329 g/mol. The van der Waals surface area contributed by atoms with Crippen molar-refractivity contribution >= 4 is 17.4 Å². The van der Waals surface area contributed by atoms with E-state index in [9.17, 15) is 22.8 Å². The van der Waals surface area contributed by atoms with Gasteiger partial charge in [0.05, 0.1) is 12.7 Å². The number of Topliss-reactive ketones (excluding diaryl/α,β-unsaturated/α-hetero) is 1. The highest BCUT2D eigenvalue weighted by Gasteiger charge is 2.39. The van der Waals surface area contributed by atoms with Crippen molar-refractivity contribution in [3.8, 4) is 6.07 Å². The van der Waals surface area contributed by atoms with Gasteiger partial charge in [-0.3, -0.25) is 9.59 Å². The molecule has 1 heterocycles. The highest BCUT2D eigenvalue weighted by molar-refractivity contribution is 6.11. The molecule has 0 aromatic carbocycles. The number of hydrogen-bond donors (Lipinski definition) is 1. The van der Waals surface area contributed by atoms with Crippen LogP contribution >= 0.6 is 0 Å². The monoisotopic (exact) mass is 342 g/mol. The molecule has 10 heteroatoms. The highest BCUT2D eigenvalue weighted by atomic mass is 19.4. The van der Waals surface area contributed by atoms with Gasteiger partial charge in [-0.2, -0.15) is 23.5 Å². The van der Waals surface area contributed by atoms with Crippen molar-refractivity contribution in [1.29, 1.82) is 5.26 Å². The summed E-state index contributed by atoms with van der Waals surface area (Å²) in [5.74, 6) is -3.09. The minimum absolute atomic E-state index is 0.108. The summed E-state index contributed by atoms with van der Waals surface area (Å²) in [4.78, 5) is 24.3. The predicted molar refractivity (Wildman–Crippen MR) is 76.4 cm³/mol. The third-order valence-electron chi connectivity index (χ3n) is 2.49. The van der Waals surface area contributed by atoms with E-state index in [1.165, 1.54) is 29.5 Å².